The first kappa shape index (κ1) is 16.0. The van der Waals surface area contributed by atoms with Crippen molar-refractivity contribution in [2.75, 3.05) is 0 Å². The second kappa shape index (κ2) is 6.18. The largest absolute Gasteiger partial charge is 0.444 e. The van der Waals surface area contributed by atoms with Crippen LogP contribution in [0.5, 0.6) is 0 Å². The van der Waals surface area contributed by atoms with Crippen molar-refractivity contribution in [3.05, 3.63) is 100 Å². The van der Waals surface area contributed by atoms with E-state index < -0.39 is 0 Å². The van der Waals surface area contributed by atoms with Gasteiger partial charge in [0.1, 0.15) is 5.58 Å². The highest BCUT2D eigenvalue weighted by molar-refractivity contribution is 6.30. The van der Waals surface area contributed by atoms with E-state index in [9.17, 15) is 4.79 Å². The van der Waals surface area contributed by atoms with Crippen molar-refractivity contribution in [1.29, 1.82) is 0 Å². The van der Waals surface area contributed by atoms with Gasteiger partial charge in [-0.3, -0.25) is 9.13 Å². The van der Waals surface area contributed by atoms with Crippen LogP contribution in [0.3, 0.4) is 0 Å². The first-order valence-corrected chi connectivity index (χ1v) is 9.03. The highest BCUT2D eigenvalue weighted by Crippen LogP contribution is 2.31. The van der Waals surface area contributed by atoms with Gasteiger partial charge in [-0.25, -0.2) is 4.79 Å². The molecule has 0 aliphatic rings. The summed E-state index contributed by atoms with van der Waals surface area (Å²) in [6, 6.07) is 25.1. The van der Waals surface area contributed by atoms with E-state index >= 15 is 0 Å². The van der Waals surface area contributed by atoms with Crippen molar-refractivity contribution in [3.63, 3.8) is 0 Å². The minimum atomic E-state index is -0.108. The number of furan rings is 1. The summed E-state index contributed by atoms with van der Waals surface area (Å²) in [7, 11) is 0. The molecule has 0 bridgehead atoms. The normalized spacial score (nSPS) is 11.4. The monoisotopic (exact) mass is 374 g/mol. The van der Waals surface area contributed by atoms with E-state index in [4.69, 9.17) is 16.0 Å². The first-order chi connectivity index (χ1) is 13.2. The Hall–Kier alpha value is -3.24. The lowest BCUT2D eigenvalue weighted by Gasteiger charge is -2.03. The number of benzene rings is 3. The first-order valence-electron chi connectivity index (χ1n) is 8.65. The van der Waals surface area contributed by atoms with E-state index in [2.05, 4.69) is 0 Å². The predicted octanol–water partition coefficient (Wildman–Crippen LogP) is 5.24. The molecule has 0 aliphatic heterocycles. The fourth-order valence-corrected chi connectivity index (χ4v) is 3.81. The minimum absolute atomic E-state index is 0.108. The van der Waals surface area contributed by atoms with Crippen LogP contribution in [-0.2, 0) is 6.54 Å². The second-order valence-corrected chi connectivity index (χ2v) is 6.72. The molecule has 2 heterocycles. The van der Waals surface area contributed by atoms with Crippen LogP contribution in [0, 0.1) is 0 Å². The van der Waals surface area contributed by atoms with Crippen LogP contribution in [-0.4, -0.2) is 9.13 Å². The molecule has 0 saturated carbocycles. The Labute approximate surface area is 159 Å². The number of hydrogen-bond donors (Lipinski definition) is 0. The third-order valence-corrected chi connectivity index (χ3v) is 5.12. The van der Waals surface area contributed by atoms with Gasteiger partial charge in [-0.1, -0.05) is 48.5 Å². The number of fused-ring (bicyclic) bond motifs is 2. The maximum absolute atomic E-state index is 13.3. The molecule has 3 aromatic carbocycles. The summed E-state index contributed by atoms with van der Waals surface area (Å²) in [4.78, 5) is 13.3. The van der Waals surface area contributed by atoms with Crippen molar-refractivity contribution in [1.82, 2.24) is 9.13 Å². The van der Waals surface area contributed by atoms with Gasteiger partial charge in [0.05, 0.1) is 23.3 Å². The third-order valence-electron chi connectivity index (χ3n) is 4.82. The zero-order chi connectivity index (χ0) is 18.4. The smallest absolute Gasteiger partial charge is 0.334 e. The highest BCUT2D eigenvalue weighted by Gasteiger charge is 2.18. The van der Waals surface area contributed by atoms with Crippen molar-refractivity contribution in [2.24, 2.45) is 0 Å². The van der Waals surface area contributed by atoms with Gasteiger partial charge in [0.2, 0.25) is 0 Å². The molecule has 5 aromatic rings. The Morgan fingerprint density at radius 2 is 1.48 bits per heavy atom. The lowest BCUT2D eigenvalue weighted by Crippen LogP contribution is -2.23. The number of rotatable bonds is 3. The SMILES string of the molecule is O=c1n(Cc2c(Cl)oc3ccccc23)c2ccccc2n1-c1ccccc1. The molecular weight excluding hydrogens is 360 g/mol. The van der Waals surface area contributed by atoms with Gasteiger partial charge < -0.3 is 4.42 Å². The lowest BCUT2D eigenvalue weighted by atomic mass is 10.2. The molecule has 27 heavy (non-hydrogen) atoms. The zero-order valence-corrected chi connectivity index (χ0v) is 15.1. The van der Waals surface area contributed by atoms with Gasteiger partial charge in [0, 0.05) is 10.9 Å². The molecule has 0 N–H and O–H groups in total. The molecule has 0 radical (unpaired) electrons. The van der Waals surface area contributed by atoms with Crippen LogP contribution in [0.4, 0.5) is 0 Å². The molecule has 0 atom stereocenters. The van der Waals surface area contributed by atoms with E-state index in [-0.39, 0.29) is 5.69 Å². The van der Waals surface area contributed by atoms with Crippen LogP contribution >= 0.6 is 11.6 Å². The van der Waals surface area contributed by atoms with E-state index in [0.29, 0.717) is 11.8 Å². The molecule has 0 spiro atoms. The Bertz CT molecular complexity index is 1330. The van der Waals surface area contributed by atoms with Gasteiger partial charge in [0.15, 0.2) is 5.22 Å². The highest BCUT2D eigenvalue weighted by atomic mass is 35.5. The second-order valence-electron chi connectivity index (χ2n) is 6.38. The summed E-state index contributed by atoms with van der Waals surface area (Å²) < 4.78 is 9.13. The molecule has 0 unspecified atom stereocenters. The summed E-state index contributed by atoms with van der Waals surface area (Å²) >= 11 is 6.36. The molecule has 2 aromatic heterocycles. The maximum atomic E-state index is 13.3. The summed E-state index contributed by atoms with van der Waals surface area (Å²) in [5, 5.41) is 1.24. The standard InChI is InChI=1S/C22H15ClN2O2/c23-21-17(16-10-4-7-13-20(16)27-21)14-24-18-11-5-6-12-19(18)25(22(24)26)15-8-2-1-3-9-15/h1-13H,14H2. The number of hydrogen-bond acceptors (Lipinski definition) is 2. The molecule has 5 heteroatoms. The van der Waals surface area contributed by atoms with Crippen molar-refractivity contribution < 1.29 is 4.42 Å². The topological polar surface area (TPSA) is 40.1 Å². The minimum Gasteiger partial charge on any atom is -0.444 e. The molecule has 4 nitrogen and oxygen atoms in total. The number of halogens is 1. The summed E-state index contributed by atoms with van der Waals surface area (Å²) in [5.41, 5.74) is 3.97. The molecule has 0 fully saturated rings. The summed E-state index contributed by atoms with van der Waals surface area (Å²) in [5.74, 6) is 0. The Kier molecular flexibility index (Phi) is 3.66. The third kappa shape index (κ3) is 2.49. The molecule has 0 amide bonds. The Balaban J connectivity index is 1.76. The average molecular weight is 375 g/mol. The fourth-order valence-electron chi connectivity index (χ4n) is 3.56. The van der Waals surface area contributed by atoms with Crippen molar-refractivity contribution in [2.45, 2.75) is 6.54 Å². The van der Waals surface area contributed by atoms with Crippen molar-refractivity contribution >= 4 is 33.6 Å². The molecule has 0 saturated heterocycles. The van der Waals surface area contributed by atoms with Crippen molar-refractivity contribution in [3.8, 4) is 5.69 Å². The molecular formula is C22H15ClN2O2. The van der Waals surface area contributed by atoms with Crippen LogP contribution in [0.25, 0.3) is 27.7 Å². The molecule has 5 rings (SSSR count). The lowest BCUT2D eigenvalue weighted by molar-refractivity contribution is 0.608. The van der Waals surface area contributed by atoms with Gasteiger partial charge in [-0.15, -0.1) is 0 Å². The maximum Gasteiger partial charge on any atom is 0.334 e. The van der Waals surface area contributed by atoms with Crippen LogP contribution in [0.1, 0.15) is 5.56 Å². The number of imidazole rings is 1. The number of nitrogens with zero attached hydrogens (tertiary/aromatic N) is 2. The van der Waals surface area contributed by atoms with Gasteiger partial charge in [0.25, 0.3) is 0 Å². The van der Waals surface area contributed by atoms with E-state index in [1.54, 1.807) is 9.13 Å². The summed E-state index contributed by atoms with van der Waals surface area (Å²) in [6.07, 6.45) is 0. The fraction of sp³-hybridized carbons (Fsp3) is 0.0455. The van der Waals surface area contributed by atoms with E-state index in [1.165, 1.54) is 0 Å². The predicted molar refractivity (Wildman–Crippen MR) is 108 cm³/mol. The van der Waals surface area contributed by atoms with Crippen LogP contribution in [0.2, 0.25) is 5.22 Å². The van der Waals surface area contributed by atoms with E-state index in [0.717, 1.165) is 33.3 Å². The summed E-state index contributed by atoms with van der Waals surface area (Å²) in [6.45, 7) is 0.342. The molecule has 132 valence electrons. The molecule has 0 aliphatic carbocycles. The number of para-hydroxylation sites is 4. The van der Waals surface area contributed by atoms with Gasteiger partial charge >= 0.3 is 5.69 Å². The van der Waals surface area contributed by atoms with Gasteiger partial charge in [-0.2, -0.15) is 0 Å². The quantitative estimate of drug-likeness (QED) is 0.433. The Morgan fingerprint density at radius 1 is 0.815 bits per heavy atom. The zero-order valence-electron chi connectivity index (χ0n) is 14.3. The number of aromatic nitrogens is 2. The average Bonchev–Trinajstić information content (AvgIpc) is 3.17. The Morgan fingerprint density at radius 3 is 2.30 bits per heavy atom. The van der Waals surface area contributed by atoms with Gasteiger partial charge in [-0.05, 0) is 41.9 Å². The van der Waals surface area contributed by atoms with Crippen LogP contribution < -0.4 is 5.69 Å². The van der Waals surface area contributed by atoms with Crippen LogP contribution in [0.15, 0.2) is 88.1 Å². The van der Waals surface area contributed by atoms with E-state index in [1.807, 2.05) is 78.9 Å².